The molecule has 9 heteroatoms. The molecule has 0 saturated carbocycles. The Kier molecular flexibility index (Phi) is 4.04. The topological polar surface area (TPSA) is 98.0 Å². The second kappa shape index (κ2) is 6.42. The molecule has 0 aliphatic carbocycles. The summed E-state index contributed by atoms with van der Waals surface area (Å²) >= 11 is 0. The van der Waals surface area contributed by atoms with Gasteiger partial charge in [0.1, 0.15) is 17.2 Å². The van der Waals surface area contributed by atoms with E-state index in [9.17, 15) is 18.4 Å². The molecule has 0 fully saturated rings. The molecule has 1 aromatic carbocycles. The molecule has 6 nitrogen and oxygen atoms in total. The van der Waals surface area contributed by atoms with Crippen LogP contribution in [-0.4, -0.2) is 16.1 Å². The van der Waals surface area contributed by atoms with Crippen LogP contribution in [-0.2, 0) is 4.74 Å². The van der Waals surface area contributed by atoms with Crippen LogP contribution in [0.4, 0.5) is 13.2 Å². The summed E-state index contributed by atoms with van der Waals surface area (Å²) < 4.78 is 51.8. The number of fused-ring (bicyclic) bond motifs is 1. The quantitative estimate of drug-likeness (QED) is 0.717. The van der Waals surface area contributed by atoms with Gasteiger partial charge < -0.3 is 14.9 Å². The van der Waals surface area contributed by atoms with Crippen molar-refractivity contribution >= 4 is 16.7 Å². The lowest BCUT2D eigenvalue weighted by molar-refractivity contribution is -0.124. The van der Waals surface area contributed by atoms with Crippen molar-refractivity contribution in [2.75, 3.05) is 0 Å². The zero-order chi connectivity index (χ0) is 19.9. The fourth-order valence-electron chi connectivity index (χ4n) is 3.07. The molecule has 1 atom stereocenters. The number of pyridine rings is 1. The molecular weight excluding hydrogens is 373 g/mol. The summed E-state index contributed by atoms with van der Waals surface area (Å²) in [5.74, 6) is -3.45. The maximum Gasteiger partial charge on any atom is 0.450 e. The Morgan fingerprint density at radius 3 is 2.46 bits per heavy atom. The van der Waals surface area contributed by atoms with Crippen LogP contribution in [0.2, 0.25) is 0 Å². The number of rotatable bonds is 2. The van der Waals surface area contributed by atoms with Crippen LogP contribution in [0.3, 0.4) is 0 Å². The van der Waals surface area contributed by atoms with E-state index in [1.165, 1.54) is 24.5 Å². The number of allylic oxidation sites excluding steroid dienone is 3. The van der Waals surface area contributed by atoms with E-state index in [1.807, 2.05) is 6.07 Å². The molecule has 140 valence electrons. The van der Waals surface area contributed by atoms with Crippen LogP contribution in [0.25, 0.3) is 16.7 Å². The van der Waals surface area contributed by atoms with Gasteiger partial charge in [0.25, 0.3) is 0 Å². The summed E-state index contributed by atoms with van der Waals surface area (Å²) in [6, 6.07) is 11.4. The number of hydrogen-bond donors (Lipinski definition) is 1. The fraction of sp³-hybridized carbons (Fsp3) is 0.105. The van der Waals surface area contributed by atoms with Gasteiger partial charge in [0.05, 0.1) is 11.5 Å². The molecule has 2 N–H and O–H groups in total. The molecule has 2 aromatic heterocycles. The van der Waals surface area contributed by atoms with Gasteiger partial charge in [-0.25, -0.2) is 4.98 Å². The Hall–Kier alpha value is -3.80. The van der Waals surface area contributed by atoms with Gasteiger partial charge in [-0.3, -0.25) is 4.98 Å². The average Bonchev–Trinajstić information content (AvgIpc) is 3.11. The van der Waals surface area contributed by atoms with E-state index in [2.05, 4.69) is 9.97 Å². The summed E-state index contributed by atoms with van der Waals surface area (Å²) in [5, 5.41) is 9.55. The minimum atomic E-state index is -4.88. The molecule has 4 rings (SSSR count). The van der Waals surface area contributed by atoms with Crippen LogP contribution < -0.4 is 5.73 Å². The molecule has 0 bridgehead atoms. The first-order chi connectivity index (χ1) is 13.4. The fourth-order valence-corrected chi connectivity index (χ4v) is 3.07. The second-order valence-corrected chi connectivity index (χ2v) is 5.93. The normalized spacial score (nSPS) is 17.6. The second-order valence-electron chi connectivity index (χ2n) is 5.93. The van der Waals surface area contributed by atoms with Crippen molar-refractivity contribution in [1.29, 1.82) is 5.26 Å². The van der Waals surface area contributed by atoms with E-state index in [-0.39, 0.29) is 11.5 Å². The number of para-hydroxylation sites is 2. The van der Waals surface area contributed by atoms with Crippen LogP contribution >= 0.6 is 0 Å². The molecular formula is C19H11F3N4O2. The molecule has 0 spiro atoms. The molecule has 3 aromatic rings. The van der Waals surface area contributed by atoms with Crippen molar-refractivity contribution in [3.05, 3.63) is 77.5 Å². The van der Waals surface area contributed by atoms with Gasteiger partial charge in [-0.15, -0.1) is 0 Å². The number of nitrogens with two attached hydrogens (primary N) is 1. The number of ether oxygens (including phenoxy) is 1. The Labute approximate surface area is 156 Å². The number of nitriles is 1. The van der Waals surface area contributed by atoms with Gasteiger partial charge in [0.15, 0.2) is 5.58 Å². The van der Waals surface area contributed by atoms with E-state index in [0.29, 0.717) is 16.7 Å². The summed E-state index contributed by atoms with van der Waals surface area (Å²) in [6.45, 7) is 0. The largest absolute Gasteiger partial charge is 0.450 e. The summed E-state index contributed by atoms with van der Waals surface area (Å²) in [5.41, 5.74) is 6.12. The third-order valence-corrected chi connectivity index (χ3v) is 4.24. The predicted octanol–water partition coefficient (Wildman–Crippen LogP) is 4.00. The molecule has 0 saturated heterocycles. The van der Waals surface area contributed by atoms with Gasteiger partial charge in [-0.2, -0.15) is 18.4 Å². The smallest absolute Gasteiger partial charge is 0.436 e. The van der Waals surface area contributed by atoms with Crippen LogP contribution in [0.1, 0.15) is 17.4 Å². The lowest BCUT2D eigenvalue weighted by atomic mass is 9.83. The molecule has 0 radical (unpaired) electrons. The summed E-state index contributed by atoms with van der Waals surface area (Å²) in [7, 11) is 0. The highest BCUT2D eigenvalue weighted by molar-refractivity contribution is 5.81. The van der Waals surface area contributed by atoms with Crippen molar-refractivity contribution in [2.45, 2.75) is 12.1 Å². The van der Waals surface area contributed by atoms with Crippen molar-refractivity contribution in [3.8, 4) is 6.07 Å². The number of oxazole rings is 1. The summed E-state index contributed by atoms with van der Waals surface area (Å²) in [6.07, 6.45) is -2.06. The number of nitrogens with zero attached hydrogens (tertiary/aromatic N) is 3. The third kappa shape index (κ3) is 2.85. The first-order valence-corrected chi connectivity index (χ1v) is 8.05. The molecule has 3 heterocycles. The molecule has 0 unspecified atom stereocenters. The predicted molar refractivity (Wildman–Crippen MR) is 91.9 cm³/mol. The number of benzene rings is 1. The molecule has 1 aliphatic rings. The highest BCUT2D eigenvalue weighted by Crippen LogP contribution is 2.48. The van der Waals surface area contributed by atoms with Gasteiger partial charge in [-0.1, -0.05) is 12.1 Å². The van der Waals surface area contributed by atoms with E-state index >= 15 is 0 Å². The zero-order valence-electron chi connectivity index (χ0n) is 14.1. The Bertz CT molecular complexity index is 1120. The highest BCUT2D eigenvalue weighted by atomic mass is 19.4. The minimum absolute atomic E-state index is 0.170. The Balaban J connectivity index is 2.03. The van der Waals surface area contributed by atoms with E-state index in [4.69, 9.17) is 14.9 Å². The Morgan fingerprint density at radius 1 is 1.11 bits per heavy atom. The number of halogens is 3. The average molecular weight is 384 g/mol. The van der Waals surface area contributed by atoms with Crippen molar-refractivity contribution in [2.24, 2.45) is 5.73 Å². The molecule has 0 amide bonds. The lowest BCUT2D eigenvalue weighted by Crippen LogP contribution is -2.27. The van der Waals surface area contributed by atoms with Crippen LogP contribution in [0.5, 0.6) is 0 Å². The zero-order valence-corrected chi connectivity index (χ0v) is 14.1. The minimum Gasteiger partial charge on any atom is -0.436 e. The van der Waals surface area contributed by atoms with Crippen molar-refractivity contribution in [3.63, 3.8) is 0 Å². The van der Waals surface area contributed by atoms with Crippen molar-refractivity contribution in [1.82, 2.24) is 9.97 Å². The standard InChI is InChI=1S/C19H11F3N4O2/c20-19(21,22)16-15(18-26-12-3-1-2-4-13(12)27-18)14(10-5-7-25-8-6-10)11(9-23)17(24)28-16/h1-8,14H,24H2/t14-/m0/s1. The number of alkyl halides is 3. The molecule has 1 aliphatic heterocycles. The van der Waals surface area contributed by atoms with E-state index in [0.717, 1.165) is 0 Å². The SMILES string of the molecule is N#CC1=C(N)OC(C(F)(F)F)=C(c2nc3ccccc3o2)[C@H]1c1ccncc1. The third-order valence-electron chi connectivity index (χ3n) is 4.24. The maximum atomic E-state index is 13.8. The van der Waals surface area contributed by atoms with E-state index < -0.39 is 29.3 Å². The van der Waals surface area contributed by atoms with Crippen LogP contribution in [0.15, 0.2) is 70.4 Å². The first-order valence-electron chi connectivity index (χ1n) is 8.05. The van der Waals surface area contributed by atoms with Gasteiger partial charge >= 0.3 is 6.18 Å². The molecule has 28 heavy (non-hydrogen) atoms. The lowest BCUT2D eigenvalue weighted by Gasteiger charge is -2.28. The van der Waals surface area contributed by atoms with Crippen LogP contribution in [0, 0.1) is 11.3 Å². The Morgan fingerprint density at radius 2 is 1.82 bits per heavy atom. The van der Waals surface area contributed by atoms with Gasteiger partial charge in [-0.05, 0) is 29.8 Å². The number of hydrogen-bond acceptors (Lipinski definition) is 6. The first kappa shape index (κ1) is 17.6. The van der Waals surface area contributed by atoms with Gasteiger partial charge in [0.2, 0.25) is 17.5 Å². The highest BCUT2D eigenvalue weighted by Gasteiger charge is 2.47. The monoisotopic (exact) mass is 384 g/mol. The van der Waals surface area contributed by atoms with Crippen molar-refractivity contribution < 1.29 is 22.3 Å². The van der Waals surface area contributed by atoms with Gasteiger partial charge in [0, 0.05) is 12.4 Å². The maximum absolute atomic E-state index is 13.8. The number of aromatic nitrogens is 2. The summed E-state index contributed by atoms with van der Waals surface area (Å²) in [4.78, 5) is 8.05. The van der Waals surface area contributed by atoms with E-state index in [1.54, 1.807) is 24.3 Å².